The Morgan fingerprint density at radius 1 is 1.16 bits per heavy atom. The van der Waals surface area contributed by atoms with Crippen LogP contribution in [0.25, 0.3) is 0 Å². The summed E-state index contributed by atoms with van der Waals surface area (Å²) in [5.74, 6) is 0.143. The molecule has 0 spiro atoms. The summed E-state index contributed by atoms with van der Waals surface area (Å²) in [6, 6.07) is 13.8. The number of nitrogens with zero attached hydrogens (tertiary/aromatic N) is 3. The number of halogens is 1. The normalized spacial score (nSPS) is 17.4. The Morgan fingerprint density at radius 3 is 2.44 bits per heavy atom. The van der Waals surface area contributed by atoms with Gasteiger partial charge in [-0.05, 0) is 31.2 Å². The minimum atomic E-state index is -0.108. The first-order valence-corrected chi connectivity index (χ1v) is 9.77. The molecule has 1 atom stereocenters. The SMILES string of the molecule is CC(C(=O)N(C)c1ccccc1)N1CCN(Cc2ccc(Cl)s2)CC1. The third kappa shape index (κ3) is 4.61. The molecule has 134 valence electrons. The van der Waals surface area contributed by atoms with E-state index in [9.17, 15) is 4.79 Å². The van der Waals surface area contributed by atoms with Gasteiger partial charge in [0.1, 0.15) is 0 Å². The molecule has 0 bridgehead atoms. The summed E-state index contributed by atoms with van der Waals surface area (Å²) in [6.45, 7) is 6.72. The van der Waals surface area contributed by atoms with Crippen molar-refractivity contribution in [3.05, 3.63) is 51.7 Å². The standard InChI is InChI=1S/C19H24ClN3OS/c1-15(19(24)21(2)16-6-4-3-5-7-16)23-12-10-22(11-13-23)14-17-8-9-18(20)25-17/h3-9,15H,10-14H2,1-2H3. The molecule has 1 aliphatic rings. The number of piperazine rings is 1. The van der Waals surface area contributed by atoms with Gasteiger partial charge in [0.05, 0.1) is 10.4 Å². The van der Waals surface area contributed by atoms with Crippen molar-refractivity contribution in [1.82, 2.24) is 9.80 Å². The van der Waals surface area contributed by atoms with Crippen LogP contribution in [0.3, 0.4) is 0 Å². The Labute approximate surface area is 158 Å². The number of benzene rings is 1. The fraction of sp³-hybridized carbons (Fsp3) is 0.421. The van der Waals surface area contributed by atoms with Gasteiger partial charge in [0, 0.05) is 50.3 Å². The van der Waals surface area contributed by atoms with Crippen LogP contribution in [0.2, 0.25) is 4.34 Å². The lowest BCUT2D eigenvalue weighted by Crippen LogP contribution is -2.53. The van der Waals surface area contributed by atoms with Crippen LogP contribution in [0.15, 0.2) is 42.5 Å². The molecule has 2 aromatic rings. The summed E-state index contributed by atoms with van der Waals surface area (Å²) in [5, 5.41) is 0. The van der Waals surface area contributed by atoms with Crippen molar-refractivity contribution < 1.29 is 4.79 Å². The molecule has 4 nitrogen and oxygen atoms in total. The minimum absolute atomic E-state index is 0.108. The highest BCUT2D eigenvalue weighted by atomic mass is 35.5. The van der Waals surface area contributed by atoms with E-state index in [1.807, 2.05) is 50.4 Å². The molecule has 2 heterocycles. The van der Waals surface area contributed by atoms with E-state index in [0.717, 1.165) is 42.7 Å². The molecule has 0 saturated carbocycles. The molecule has 1 unspecified atom stereocenters. The van der Waals surface area contributed by atoms with E-state index in [1.165, 1.54) is 4.88 Å². The zero-order chi connectivity index (χ0) is 17.8. The zero-order valence-electron chi connectivity index (χ0n) is 14.7. The number of carbonyl (C=O) groups excluding carboxylic acids is 1. The third-order valence-electron chi connectivity index (χ3n) is 4.79. The molecule has 0 radical (unpaired) electrons. The highest BCUT2D eigenvalue weighted by Crippen LogP contribution is 2.23. The monoisotopic (exact) mass is 377 g/mol. The zero-order valence-corrected chi connectivity index (χ0v) is 16.3. The fourth-order valence-electron chi connectivity index (χ4n) is 3.18. The van der Waals surface area contributed by atoms with Gasteiger partial charge in [0.2, 0.25) is 5.91 Å². The van der Waals surface area contributed by atoms with Gasteiger partial charge in [-0.3, -0.25) is 14.6 Å². The number of likely N-dealkylation sites (N-methyl/N-ethyl adjacent to an activating group) is 1. The number of carbonyl (C=O) groups is 1. The first-order chi connectivity index (χ1) is 12.0. The number of thiophene rings is 1. The predicted octanol–water partition coefficient (Wildman–Crippen LogP) is 3.57. The van der Waals surface area contributed by atoms with Crippen LogP contribution in [-0.2, 0) is 11.3 Å². The summed E-state index contributed by atoms with van der Waals surface area (Å²) >= 11 is 7.65. The van der Waals surface area contributed by atoms with Gasteiger partial charge < -0.3 is 4.90 Å². The molecule has 0 aliphatic carbocycles. The average molecular weight is 378 g/mol. The fourth-order valence-corrected chi connectivity index (χ4v) is 4.31. The maximum atomic E-state index is 12.8. The quantitative estimate of drug-likeness (QED) is 0.797. The Bertz CT molecular complexity index is 698. The van der Waals surface area contributed by atoms with Crippen molar-refractivity contribution in [2.75, 3.05) is 38.1 Å². The molecule has 1 saturated heterocycles. The Kier molecular flexibility index (Phi) is 6.12. The van der Waals surface area contributed by atoms with Crippen molar-refractivity contribution in [2.45, 2.75) is 19.5 Å². The van der Waals surface area contributed by atoms with Crippen molar-refractivity contribution in [3.63, 3.8) is 0 Å². The maximum absolute atomic E-state index is 12.8. The summed E-state index contributed by atoms with van der Waals surface area (Å²) in [6.07, 6.45) is 0. The minimum Gasteiger partial charge on any atom is -0.314 e. The lowest BCUT2D eigenvalue weighted by Gasteiger charge is -2.38. The molecule has 25 heavy (non-hydrogen) atoms. The number of hydrogen-bond acceptors (Lipinski definition) is 4. The summed E-state index contributed by atoms with van der Waals surface area (Å²) < 4.78 is 0.844. The first-order valence-electron chi connectivity index (χ1n) is 8.58. The van der Waals surface area contributed by atoms with Crippen LogP contribution in [0, 0.1) is 0 Å². The number of anilines is 1. The third-order valence-corrected chi connectivity index (χ3v) is 6.01. The van der Waals surface area contributed by atoms with Crippen LogP contribution in [-0.4, -0.2) is 55.0 Å². The highest BCUT2D eigenvalue weighted by Gasteiger charge is 2.28. The van der Waals surface area contributed by atoms with Crippen LogP contribution in [0.1, 0.15) is 11.8 Å². The Morgan fingerprint density at radius 2 is 1.84 bits per heavy atom. The Balaban J connectivity index is 1.52. The number of rotatable bonds is 5. The van der Waals surface area contributed by atoms with Crippen LogP contribution in [0.4, 0.5) is 5.69 Å². The van der Waals surface area contributed by atoms with Crippen molar-refractivity contribution in [1.29, 1.82) is 0 Å². The van der Waals surface area contributed by atoms with Crippen molar-refractivity contribution in [2.24, 2.45) is 0 Å². The van der Waals surface area contributed by atoms with Crippen molar-refractivity contribution in [3.8, 4) is 0 Å². The second-order valence-electron chi connectivity index (χ2n) is 6.43. The van der Waals surface area contributed by atoms with Gasteiger partial charge in [-0.1, -0.05) is 29.8 Å². The van der Waals surface area contributed by atoms with E-state index >= 15 is 0 Å². The summed E-state index contributed by atoms with van der Waals surface area (Å²) in [4.78, 5) is 20.5. The van der Waals surface area contributed by atoms with E-state index in [-0.39, 0.29) is 11.9 Å². The summed E-state index contributed by atoms with van der Waals surface area (Å²) in [7, 11) is 1.85. The molecular weight excluding hydrogens is 354 g/mol. The Hall–Kier alpha value is -1.40. The number of hydrogen-bond donors (Lipinski definition) is 0. The van der Waals surface area contributed by atoms with Gasteiger partial charge >= 0.3 is 0 Å². The smallest absolute Gasteiger partial charge is 0.243 e. The molecule has 6 heteroatoms. The van der Waals surface area contributed by atoms with Gasteiger partial charge in [0.15, 0.2) is 0 Å². The van der Waals surface area contributed by atoms with E-state index in [2.05, 4.69) is 15.9 Å². The average Bonchev–Trinajstić information content (AvgIpc) is 3.06. The molecule has 1 aliphatic heterocycles. The summed E-state index contributed by atoms with van der Waals surface area (Å²) in [5.41, 5.74) is 0.938. The topological polar surface area (TPSA) is 26.8 Å². The van der Waals surface area contributed by atoms with Crippen LogP contribution in [0.5, 0.6) is 0 Å². The first kappa shape index (κ1) is 18.4. The number of amides is 1. The predicted molar refractivity (Wildman–Crippen MR) is 105 cm³/mol. The lowest BCUT2D eigenvalue weighted by atomic mass is 10.2. The second kappa shape index (κ2) is 8.32. The molecule has 1 amide bonds. The van der Waals surface area contributed by atoms with E-state index in [1.54, 1.807) is 16.2 Å². The van der Waals surface area contributed by atoms with Gasteiger partial charge in [-0.2, -0.15) is 0 Å². The molecule has 1 aromatic heterocycles. The molecule has 1 fully saturated rings. The molecule has 1 aromatic carbocycles. The van der Waals surface area contributed by atoms with Crippen LogP contribution < -0.4 is 4.90 Å². The van der Waals surface area contributed by atoms with E-state index < -0.39 is 0 Å². The lowest BCUT2D eigenvalue weighted by molar-refractivity contribution is -0.123. The highest BCUT2D eigenvalue weighted by molar-refractivity contribution is 7.16. The second-order valence-corrected chi connectivity index (χ2v) is 8.23. The van der Waals surface area contributed by atoms with Gasteiger partial charge in [-0.25, -0.2) is 0 Å². The molecule has 3 rings (SSSR count). The van der Waals surface area contributed by atoms with Gasteiger partial charge in [0.25, 0.3) is 0 Å². The van der Waals surface area contributed by atoms with E-state index in [0.29, 0.717) is 0 Å². The largest absolute Gasteiger partial charge is 0.314 e. The molecule has 0 N–H and O–H groups in total. The maximum Gasteiger partial charge on any atom is 0.243 e. The molecular formula is C19H24ClN3OS. The van der Waals surface area contributed by atoms with Gasteiger partial charge in [-0.15, -0.1) is 11.3 Å². The van der Waals surface area contributed by atoms with Crippen molar-refractivity contribution >= 4 is 34.5 Å². The van der Waals surface area contributed by atoms with Crippen LogP contribution >= 0.6 is 22.9 Å². The van der Waals surface area contributed by atoms with E-state index in [4.69, 9.17) is 11.6 Å². The number of para-hydroxylation sites is 1.